The van der Waals surface area contributed by atoms with Gasteiger partial charge in [0.05, 0.1) is 0 Å². The van der Waals surface area contributed by atoms with Gasteiger partial charge in [0.25, 0.3) is 0 Å². The molecule has 4 heteroatoms. The summed E-state index contributed by atoms with van der Waals surface area (Å²) in [7, 11) is 1.73. The maximum absolute atomic E-state index is 12.3. The van der Waals surface area contributed by atoms with Crippen LogP contribution in [0.2, 0.25) is 0 Å². The van der Waals surface area contributed by atoms with E-state index in [9.17, 15) is 4.79 Å². The van der Waals surface area contributed by atoms with Crippen molar-refractivity contribution in [2.24, 2.45) is 0 Å². The van der Waals surface area contributed by atoms with Gasteiger partial charge in [-0.1, -0.05) is 30.3 Å². The Balaban J connectivity index is 2.01. The summed E-state index contributed by atoms with van der Waals surface area (Å²) in [6.45, 7) is 10.3. The van der Waals surface area contributed by atoms with Crippen LogP contribution in [0.25, 0.3) is 0 Å². The van der Waals surface area contributed by atoms with E-state index < -0.39 is 0 Å². The van der Waals surface area contributed by atoms with Crippen molar-refractivity contribution in [2.45, 2.75) is 38.8 Å². The van der Waals surface area contributed by atoms with Gasteiger partial charge in [-0.15, -0.1) is 0 Å². The van der Waals surface area contributed by atoms with Gasteiger partial charge in [-0.3, -0.25) is 14.6 Å². The lowest BCUT2D eigenvalue weighted by molar-refractivity contribution is -0.129. The zero-order valence-electron chi connectivity index (χ0n) is 14.3. The minimum atomic E-state index is -0.0540. The zero-order chi connectivity index (χ0) is 16.2. The molecule has 1 unspecified atom stereocenters. The van der Waals surface area contributed by atoms with E-state index in [1.54, 1.807) is 7.05 Å². The lowest BCUT2D eigenvalue weighted by Crippen LogP contribution is -2.62. The number of piperazine rings is 1. The Bertz CT molecular complexity index is 481. The number of nitrogens with one attached hydrogen (secondary N) is 1. The first-order valence-electron chi connectivity index (χ1n) is 8.16. The molecule has 0 radical (unpaired) electrons. The monoisotopic (exact) mass is 303 g/mol. The topological polar surface area (TPSA) is 35.6 Å². The van der Waals surface area contributed by atoms with Crippen molar-refractivity contribution in [3.05, 3.63) is 35.9 Å². The molecule has 1 heterocycles. The standard InChI is InChI=1S/C18H29N3O/c1-18(2,3)21-13-12-20(16(14-21)17(22)19-4)11-10-15-8-6-5-7-9-15/h5-9,16H,10-14H2,1-4H3,(H,19,22). The summed E-state index contributed by atoms with van der Waals surface area (Å²) >= 11 is 0. The van der Waals surface area contributed by atoms with Gasteiger partial charge in [-0.2, -0.15) is 0 Å². The quantitative estimate of drug-likeness (QED) is 0.920. The molecule has 2 rings (SSSR count). The Morgan fingerprint density at radius 1 is 1.23 bits per heavy atom. The van der Waals surface area contributed by atoms with Crippen molar-refractivity contribution in [3.63, 3.8) is 0 Å². The van der Waals surface area contributed by atoms with E-state index in [1.165, 1.54) is 5.56 Å². The van der Waals surface area contributed by atoms with Gasteiger partial charge in [0.15, 0.2) is 0 Å². The lowest BCUT2D eigenvalue weighted by atomic mass is 10.0. The van der Waals surface area contributed by atoms with Crippen molar-refractivity contribution in [3.8, 4) is 0 Å². The SMILES string of the molecule is CNC(=O)C1CN(C(C)(C)C)CCN1CCc1ccccc1. The first kappa shape index (κ1) is 17.0. The molecule has 1 atom stereocenters. The molecule has 0 bridgehead atoms. The number of carbonyl (C=O) groups excluding carboxylic acids is 1. The van der Waals surface area contributed by atoms with Crippen molar-refractivity contribution < 1.29 is 4.79 Å². The van der Waals surface area contributed by atoms with E-state index in [2.05, 4.69) is 60.2 Å². The van der Waals surface area contributed by atoms with E-state index in [1.807, 2.05) is 6.07 Å². The number of hydrogen-bond acceptors (Lipinski definition) is 3. The maximum atomic E-state index is 12.3. The second-order valence-electron chi connectivity index (χ2n) is 7.02. The lowest BCUT2D eigenvalue weighted by Gasteiger charge is -2.46. The summed E-state index contributed by atoms with van der Waals surface area (Å²) in [5, 5.41) is 2.83. The van der Waals surface area contributed by atoms with Crippen LogP contribution in [0, 0.1) is 0 Å². The molecule has 1 saturated heterocycles. The Labute approximate surface area is 134 Å². The van der Waals surface area contributed by atoms with E-state index in [0.29, 0.717) is 0 Å². The Morgan fingerprint density at radius 2 is 1.91 bits per heavy atom. The minimum absolute atomic E-state index is 0.0540. The first-order valence-corrected chi connectivity index (χ1v) is 8.16. The number of hydrogen-bond donors (Lipinski definition) is 1. The van der Waals surface area contributed by atoms with E-state index in [4.69, 9.17) is 0 Å². The maximum Gasteiger partial charge on any atom is 0.238 e. The van der Waals surface area contributed by atoms with Gasteiger partial charge >= 0.3 is 0 Å². The predicted octanol–water partition coefficient (Wildman–Crippen LogP) is 1.76. The van der Waals surface area contributed by atoms with E-state index in [-0.39, 0.29) is 17.5 Å². The van der Waals surface area contributed by atoms with Gasteiger partial charge in [0.2, 0.25) is 5.91 Å². The number of likely N-dealkylation sites (N-methyl/N-ethyl adjacent to an activating group) is 1. The Kier molecular flexibility index (Phi) is 5.59. The summed E-state index contributed by atoms with van der Waals surface area (Å²) in [5.41, 5.74) is 1.44. The van der Waals surface area contributed by atoms with E-state index >= 15 is 0 Å². The van der Waals surface area contributed by atoms with Crippen LogP contribution in [0.1, 0.15) is 26.3 Å². The van der Waals surface area contributed by atoms with Gasteiger partial charge in [-0.05, 0) is 32.8 Å². The van der Waals surface area contributed by atoms with Crippen LogP contribution in [-0.4, -0.2) is 60.5 Å². The molecular weight excluding hydrogens is 274 g/mol. The van der Waals surface area contributed by atoms with Crippen LogP contribution in [0.3, 0.4) is 0 Å². The van der Waals surface area contributed by atoms with Crippen molar-refractivity contribution in [1.29, 1.82) is 0 Å². The number of benzene rings is 1. The molecule has 1 fully saturated rings. The summed E-state index contributed by atoms with van der Waals surface area (Å²) in [5.74, 6) is 0.127. The van der Waals surface area contributed by atoms with Gasteiger partial charge in [0, 0.05) is 38.8 Å². The second kappa shape index (κ2) is 7.25. The van der Waals surface area contributed by atoms with Gasteiger partial charge in [-0.25, -0.2) is 0 Å². The molecular formula is C18H29N3O. The Morgan fingerprint density at radius 3 is 2.50 bits per heavy atom. The van der Waals surface area contributed by atoms with Crippen LogP contribution in [0.5, 0.6) is 0 Å². The summed E-state index contributed by atoms with van der Waals surface area (Å²) in [6, 6.07) is 10.4. The van der Waals surface area contributed by atoms with E-state index in [0.717, 1.165) is 32.6 Å². The van der Waals surface area contributed by atoms with Crippen molar-refractivity contribution in [1.82, 2.24) is 15.1 Å². The Hall–Kier alpha value is -1.39. The van der Waals surface area contributed by atoms with Crippen LogP contribution >= 0.6 is 0 Å². The largest absolute Gasteiger partial charge is 0.358 e. The molecule has 122 valence electrons. The molecule has 0 spiro atoms. The highest BCUT2D eigenvalue weighted by Gasteiger charge is 2.35. The average Bonchev–Trinajstić information content (AvgIpc) is 2.52. The molecule has 4 nitrogen and oxygen atoms in total. The number of rotatable bonds is 4. The average molecular weight is 303 g/mol. The molecule has 0 aromatic heterocycles. The summed E-state index contributed by atoms with van der Waals surface area (Å²) in [4.78, 5) is 17.0. The van der Waals surface area contributed by atoms with Crippen LogP contribution in [0.15, 0.2) is 30.3 Å². The third-order valence-electron chi connectivity index (χ3n) is 4.52. The molecule has 1 aliphatic heterocycles. The number of nitrogens with zero attached hydrogens (tertiary/aromatic N) is 2. The molecule has 1 amide bonds. The smallest absolute Gasteiger partial charge is 0.238 e. The number of carbonyl (C=O) groups is 1. The zero-order valence-corrected chi connectivity index (χ0v) is 14.3. The molecule has 0 saturated carbocycles. The summed E-state index contributed by atoms with van der Waals surface area (Å²) < 4.78 is 0. The van der Waals surface area contributed by atoms with Crippen molar-refractivity contribution in [2.75, 3.05) is 33.2 Å². The second-order valence-corrected chi connectivity index (χ2v) is 7.02. The highest BCUT2D eigenvalue weighted by molar-refractivity contribution is 5.81. The normalized spacial score (nSPS) is 20.8. The molecule has 1 N–H and O–H groups in total. The molecule has 22 heavy (non-hydrogen) atoms. The molecule has 1 aromatic rings. The molecule has 1 aromatic carbocycles. The minimum Gasteiger partial charge on any atom is -0.358 e. The fourth-order valence-corrected chi connectivity index (χ4v) is 3.03. The first-order chi connectivity index (χ1) is 10.4. The van der Waals surface area contributed by atoms with Crippen molar-refractivity contribution >= 4 is 5.91 Å². The van der Waals surface area contributed by atoms with Crippen LogP contribution in [0.4, 0.5) is 0 Å². The fraction of sp³-hybridized carbons (Fsp3) is 0.611. The molecule has 0 aliphatic carbocycles. The fourth-order valence-electron chi connectivity index (χ4n) is 3.03. The van der Waals surface area contributed by atoms with Gasteiger partial charge in [0.1, 0.15) is 6.04 Å². The summed E-state index contributed by atoms with van der Waals surface area (Å²) in [6.07, 6.45) is 0.990. The predicted molar refractivity (Wildman–Crippen MR) is 90.9 cm³/mol. The highest BCUT2D eigenvalue weighted by Crippen LogP contribution is 2.20. The third-order valence-corrected chi connectivity index (χ3v) is 4.52. The highest BCUT2D eigenvalue weighted by atomic mass is 16.2. The van der Waals surface area contributed by atoms with Crippen LogP contribution in [-0.2, 0) is 11.2 Å². The third kappa shape index (κ3) is 4.31. The van der Waals surface area contributed by atoms with Crippen LogP contribution < -0.4 is 5.32 Å². The number of amides is 1. The van der Waals surface area contributed by atoms with Gasteiger partial charge < -0.3 is 5.32 Å². The molecule has 1 aliphatic rings.